The van der Waals surface area contributed by atoms with Gasteiger partial charge in [-0.25, -0.2) is 0 Å². The van der Waals surface area contributed by atoms with Gasteiger partial charge in [0.15, 0.2) is 0 Å². The highest BCUT2D eigenvalue weighted by Crippen LogP contribution is 2.11. The first kappa shape index (κ1) is 17.6. The van der Waals surface area contributed by atoms with Gasteiger partial charge in [0, 0.05) is 29.3 Å². The molecule has 1 aromatic carbocycles. The molecule has 1 atom stereocenters. The Hall–Kier alpha value is -1.44. The van der Waals surface area contributed by atoms with E-state index in [1.165, 1.54) is 0 Å². The molecule has 3 nitrogen and oxygen atoms in total. The summed E-state index contributed by atoms with van der Waals surface area (Å²) in [6.07, 6.45) is 3.48. The summed E-state index contributed by atoms with van der Waals surface area (Å²) in [4.78, 5) is 12.1. The molecule has 0 radical (unpaired) electrons. The zero-order chi connectivity index (χ0) is 15.7. The third-order valence-corrected chi connectivity index (χ3v) is 4.24. The molecule has 114 valence electrons. The van der Waals surface area contributed by atoms with E-state index in [-0.39, 0.29) is 12.5 Å². The Morgan fingerprint density at radius 1 is 1.48 bits per heavy atom. The van der Waals surface area contributed by atoms with Gasteiger partial charge in [0.2, 0.25) is 0 Å². The standard InChI is InChI=1S/C17H23NO2S/c1-13-7-8-16(12-15(13)6-4-5-11-19)17(20)18-10-9-14(2)21-3/h7-8,12,14,19H,5,9-11H2,1-3H3,(H,18,20). The van der Waals surface area contributed by atoms with Crippen molar-refractivity contribution in [2.24, 2.45) is 0 Å². The molecule has 21 heavy (non-hydrogen) atoms. The summed E-state index contributed by atoms with van der Waals surface area (Å²) in [6.45, 7) is 4.85. The van der Waals surface area contributed by atoms with Crippen LogP contribution < -0.4 is 5.32 Å². The predicted molar refractivity (Wildman–Crippen MR) is 89.7 cm³/mol. The molecule has 0 bridgehead atoms. The van der Waals surface area contributed by atoms with Crippen LogP contribution in [0, 0.1) is 18.8 Å². The number of aliphatic hydroxyl groups is 1. The van der Waals surface area contributed by atoms with Crippen molar-refractivity contribution in [3.63, 3.8) is 0 Å². The first-order valence-corrected chi connectivity index (χ1v) is 8.38. The Morgan fingerprint density at radius 3 is 2.90 bits per heavy atom. The summed E-state index contributed by atoms with van der Waals surface area (Å²) in [7, 11) is 0. The van der Waals surface area contributed by atoms with Crippen LogP contribution >= 0.6 is 11.8 Å². The van der Waals surface area contributed by atoms with Crippen LogP contribution in [0.15, 0.2) is 18.2 Å². The van der Waals surface area contributed by atoms with E-state index < -0.39 is 0 Å². The minimum absolute atomic E-state index is 0.0554. The maximum absolute atomic E-state index is 12.1. The third-order valence-electron chi connectivity index (χ3n) is 3.20. The SMILES string of the molecule is CSC(C)CCNC(=O)c1ccc(C)c(C#CCCO)c1. The minimum atomic E-state index is -0.0616. The van der Waals surface area contributed by atoms with Crippen LogP contribution in [-0.2, 0) is 0 Å². The van der Waals surface area contributed by atoms with E-state index in [2.05, 4.69) is 30.3 Å². The van der Waals surface area contributed by atoms with Crippen LogP contribution in [-0.4, -0.2) is 35.7 Å². The highest BCUT2D eigenvalue weighted by molar-refractivity contribution is 7.99. The molecule has 0 aromatic heterocycles. The number of rotatable bonds is 6. The van der Waals surface area contributed by atoms with Crippen LogP contribution in [0.3, 0.4) is 0 Å². The van der Waals surface area contributed by atoms with Crippen LogP contribution in [0.5, 0.6) is 0 Å². The largest absolute Gasteiger partial charge is 0.395 e. The van der Waals surface area contributed by atoms with Gasteiger partial charge in [-0.1, -0.05) is 24.8 Å². The molecule has 1 aromatic rings. The second-order valence-electron chi connectivity index (χ2n) is 4.90. The summed E-state index contributed by atoms with van der Waals surface area (Å²) in [5.41, 5.74) is 2.51. The van der Waals surface area contributed by atoms with Crippen LogP contribution in [0.4, 0.5) is 0 Å². The molecule has 0 fully saturated rings. The molecule has 0 aliphatic rings. The summed E-state index contributed by atoms with van der Waals surface area (Å²) in [5, 5.41) is 12.2. The topological polar surface area (TPSA) is 49.3 Å². The van der Waals surface area contributed by atoms with Gasteiger partial charge in [0.1, 0.15) is 0 Å². The average Bonchev–Trinajstić information content (AvgIpc) is 2.49. The molecule has 1 amide bonds. The fourth-order valence-electron chi connectivity index (χ4n) is 1.72. The maximum atomic E-state index is 12.1. The molecule has 0 heterocycles. The number of aryl methyl sites for hydroxylation is 1. The summed E-state index contributed by atoms with van der Waals surface area (Å²) in [5.74, 6) is 5.83. The van der Waals surface area contributed by atoms with Crippen molar-refractivity contribution < 1.29 is 9.90 Å². The smallest absolute Gasteiger partial charge is 0.251 e. The molecular formula is C17H23NO2S. The van der Waals surface area contributed by atoms with Crippen molar-refractivity contribution in [2.45, 2.75) is 31.9 Å². The van der Waals surface area contributed by atoms with Crippen molar-refractivity contribution in [2.75, 3.05) is 19.4 Å². The summed E-state index contributed by atoms with van der Waals surface area (Å²) >= 11 is 1.80. The minimum Gasteiger partial charge on any atom is -0.395 e. The van der Waals surface area contributed by atoms with Crippen molar-refractivity contribution in [1.29, 1.82) is 0 Å². The Labute approximate surface area is 131 Å². The molecule has 0 aliphatic carbocycles. The number of hydrogen-bond acceptors (Lipinski definition) is 3. The zero-order valence-corrected chi connectivity index (χ0v) is 13.7. The van der Waals surface area contributed by atoms with Gasteiger partial charge in [-0.2, -0.15) is 11.8 Å². The second-order valence-corrected chi connectivity index (χ2v) is 6.17. The van der Waals surface area contributed by atoms with Crippen LogP contribution in [0.25, 0.3) is 0 Å². The summed E-state index contributed by atoms with van der Waals surface area (Å²) < 4.78 is 0. The van der Waals surface area contributed by atoms with Crippen molar-refractivity contribution in [3.8, 4) is 11.8 Å². The fraction of sp³-hybridized carbons (Fsp3) is 0.471. The van der Waals surface area contributed by atoms with Gasteiger partial charge < -0.3 is 10.4 Å². The fourth-order valence-corrected chi connectivity index (χ4v) is 2.07. The molecular weight excluding hydrogens is 282 g/mol. The quantitative estimate of drug-likeness (QED) is 0.794. The Balaban J connectivity index is 2.68. The highest BCUT2D eigenvalue weighted by Gasteiger charge is 2.07. The first-order chi connectivity index (χ1) is 10.1. The van der Waals surface area contributed by atoms with Crippen molar-refractivity contribution >= 4 is 17.7 Å². The lowest BCUT2D eigenvalue weighted by Gasteiger charge is -2.10. The van der Waals surface area contributed by atoms with Gasteiger partial charge in [0.25, 0.3) is 5.91 Å². The van der Waals surface area contributed by atoms with E-state index in [0.29, 0.717) is 23.8 Å². The molecule has 2 N–H and O–H groups in total. The highest BCUT2D eigenvalue weighted by atomic mass is 32.2. The van der Waals surface area contributed by atoms with Crippen LogP contribution in [0.1, 0.15) is 41.3 Å². The number of amides is 1. The van der Waals surface area contributed by atoms with E-state index in [4.69, 9.17) is 5.11 Å². The molecule has 1 rings (SSSR count). The molecule has 4 heteroatoms. The number of benzene rings is 1. The van der Waals surface area contributed by atoms with Gasteiger partial charge in [-0.05, 0) is 37.3 Å². The number of aliphatic hydroxyl groups excluding tert-OH is 1. The van der Waals surface area contributed by atoms with E-state index in [1.54, 1.807) is 11.8 Å². The van der Waals surface area contributed by atoms with Gasteiger partial charge in [-0.15, -0.1) is 0 Å². The van der Waals surface area contributed by atoms with Gasteiger partial charge >= 0.3 is 0 Å². The van der Waals surface area contributed by atoms with E-state index in [0.717, 1.165) is 17.5 Å². The lowest BCUT2D eigenvalue weighted by Crippen LogP contribution is -2.26. The number of hydrogen-bond donors (Lipinski definition) is 2. The predicted octanol–water partition coefficient (Wildman–Crippen LogP) is 2.60. The molecule has 0 saturated carbocycles. The van der Waals surface area contributed by atoms with E-state index >= 15 is 0 Å². The number of nitrogens with one attached hydrogen (secondary N) is 1. The number of carbonyl (C=O) groups is 1. The molecule has 0 saturated heterocycles. The van der Waals surface area contributed by atoms with Gasteiger partial charge in [0.05, 0.1) is 6.61 Å². The lowest BCUT2D eigenvalue weighted by molar-refractivity contribution is 0.0953. The first-order valence-electron chi connectivity index (χ1n) is 7.10. The molecule has 1 unspecified atom stereocenters. The van der Waals surface area contributed by atoms with Crippen molar-refractivity contribution in [1.82, 2.24) is 5.32 Å². The number of thioether (sulfide) groups is 1. The third kappa shape index (κ3) is 6.24. The monoisotopic (exact) mass is 305 g/mol. The lowest BCUT2D eigenvalue weighted by atomic mass is 10.0. The Bertz CT molecular complexity index is 531. The van der Waals surface area contributed by atoms with E-state index in [9.17, 15) is 4.79 Å². The molecule has 0 aliphatic heterocycles. The maximum Gasteiger partial charge on any atom is 0.251 e. The zero-order valence-electron chi connectivity index (χ0n) is 12.9. The van der Waals surface area contributed by atoms with Crippen molar-refractivity contribution in [3.05, 3.63) is 34.9 Å². The number of carbonyl (C=O) groups excluding carboxylic acids is 1. The van der Waals surface area contributed by atoms with Gasteiger partial charge in [-0.3, -0.25) is 4.79 Å². The Kier molecular flexibility index (Phi) is 7.96. The Morgan fingerprint density at radius 2 is 2.24 bits per heavy atom. The normalized spacial score (nSPS) is 11.4. The average molecular weight is 305 g/mol. The summed E-state index contributed by atoms with van der Waals surface area (Å²) in [6, 6.07) is 5.54. The molecule has 0 spiro atoms. The van der Waals surface area contributed by atoms with Crippen LogP contribution in [0.2, 0.25) is 0 Å². The van der Waals surface area contributed by atoms with E-state index in [1.807, 2.05) is 25.1 Å². The second kappa shape index (κ2) is 9.49.